The number of aromatic nitrogens is 1. The van der Waals surface area contributed by atoms with Crippen LogP contribution in [-0.4, -0.2) is 37.9 Å². The van der Waals surface area contributed by atoms with E-state index in [-0.39, 0.29) is 18.8 Å². The topological polar surface area (TPSA) is 65.8 Å². The van der Waals surface area contributed by atoms with Crippen molar-refractivity contribution in [2.24, 2.45) is 4.99 Å². The quantitative estimate of drug-likeness (QED) is 0.691. The minimum atomic E-state index is -0.730. The first-order valence-corrected chi connectivity index (χ1v) is 10.8. The molecule has 1 fully saturated rings. The lowest BCUT2D eigenvalue weighted by molar-refractivity contribution is -0.137. The van der Waals surface area contributed by atoms with E-state index in [4.69, 9.17) is 10.1 Å². The zero-order chi connectivity index (χ0) is 17.9. The number of thiazole rings is 1. The third-order valence-corrected chi connectivity index (χ3v) is 6.73. The normalized spacial score (nSPS) is 19.5. The molecule has 1 saturated heterocycles. The Hall–Kier alpha value is -1.57. The van der Waals surface area contributed by atoms with Crippen LogP contribution in [0.4, 0.5) is 5.13 Å². The van der Waals surface area contributed by atoms with Crippen LogP contribution in [-0.2, 0) is 24.2 Å². The number of carboxylic acids is 1. The first kappa shape index (κ1) is 20.2. The van der Waals surface area contributed by atoms with Gasteiger partial charge in [-0.2, -0.15) is 4.99 Å². The van der Waals surface area contributed by atoms with Crippen molar-refractivity contribution in [3.05, 3.63) is 46.5 Å². The van der Waals surface area contributed by atoms with Crippen molar-refractivity contribution >= 4 is 51.8 Å². The van der Waals surface area contributed by atoms with E-state index < -0.39 is 5.97 Å². The molecule has 0 saturated carbocycles. The minimum absolute atomic E-state index is 0. The Labute approximate surface area is 173 Å². The standard InChI is InChI=1S/C19H21N3O2S2.ClH/c23-17(24)8-4-3-7-15-11-25-18(20-15)21-19-22-10-14-6-2-1-5-13(14)9-16(22)12-26-19;/h1-2,5-6,11,16H,3-4,7-10,12H2,(H,23,24);1H/t16-;/m0./s1. The fourth-order valence-electron chi connectivity index (χ4n) is 3.44. The van der Waals surface area contributed by atoms with Crippen LogP contribution in [0.3, 0.4) is 0 Å². The van der Waals surface area contributed by atoms with Crippen LogP contribution in [0, 0.1) is 0 Å². The molecule has 144 valence electrons. The van der Waals surface area contributed by atoms with Crippen LogP contribution in [0.2, 0.25) is 0 Å². The highest BCUT2D eigenvalue weighted by atomic mass is 35.5. The lowest BCUT2D eigenvalue weighted by Gasteiger charge is -2.32. The van der Waals surface area contributed by atoms with Crippen molar-refractivity contribution in [1.29, 1.82) is 0 Å². The van der Waals surface area contributed by atoms with E-state index in [1.165, 1.54) is 11.1 Å². The maximum Gasteiger partial charge on any atom is 0.303 e. The second-order valence-electron chi connectivity index (χ2n) is 6.68. The van der Waals surface area contributed by atoms with Gasteiger partial charge < -0.3 is 10.0 Å². The van der Waals surface area contributed by atoms with Gasteiger partial charge in [-0.05, 0) is 36.8 Å². The van der Waals surface area contributed by atoms with Crippen molar-refractivity contribution in [2.75, 3.05) is 5.75 Å². The molecule has 1 atom stereocenters. The van der Waals surface area contributed by atoms with Crippen LogP contribution >= 0.6 is 35.5 Å². The van der Waals surface area contributed by atoms with Gasteiger partial charge in [-0.1, -0.05) is 36.0 Å². The number of hydrogen-bond acceptors (Lipinski definition) is 5. The molecule has 2 aliphatic rings. The lowest BCUT2D eigenvalue weighted by atomic mass is 9.95. The van der Waals surface area contributed by atoms with Gasteiger partial charge in [0.1, 0.15) is 0 Å². The van der Waals surface area contributed by atoms with Crippen molar-refractivity contribution in [3.8, 4) is 0 Å². The zero-order valence-corrected chi connectivity index (χ0v) is 17.3. The molecule has 0 bridgehead atoms. The van der Waals surface area contributed by atoms with Crippen LogP contribution in [0.25, 0.3) is 0 Å². The van der Waals surface area contributed by atoms with Gasteiger partial charge in [0.15, 0.2) is 5.17 Å². The van der Waals surface area contributed by atoms with Gasteiger partial charge in [-0.25, -0.2) is 4.98 Å². The van der Waals surface area contributed by atoms with E-state index in [0.717, 1.165) is 47.6 Å². The van der Waals surface area contributed by atoms with E-state index in [1.54, 1.807) is 11.3 Å². The van der Waals surface area contributed by atoms with E-state index in [0.29, 0.717) is 12.5 Å². The molecule has 1 aromatic heterocycles. The highest BCUT2D eigenvalue weighted by Gasteiger charge is 2.34. The number of amidine groups is 1. The van der Waals surface area contributed by atoms with Gasteiger partial charge in [0.25, 0.3) is 0 Å². The Kier molecular flexibility index (Phi) is 6.78. The Bertz CT molecular complexity index is 840. The number of thioether (sulfide) groups is 1. The first-order chi connectivity index (χ1) is 12.7. The van der Waals surface area contributed by atoms with Crippen LogP contribution in [0.15, 0.2) is 34.6 Å². The lowest BCUT2D eigenvalue weighted by Crippen LogP contribution is -2.38. The van der Waals surface area contributed by atoms with Gasteiger partial charge in [0, 0.05) is 30.1 Å². The number of aryl methyl sites for hydroxylation is 1. The molecule has 8 heteroatoms. The average Bonchev–Trinajstić information content (AvgIpc) is 3.24. The molecule has 5 nitrogen and oxygen atoms in total. The summed E-state index contributed by atoms with van der Waals surface area (Å²) in [6.07, 6.45) is 3.69. The molecule has 0 radical (unpaired) electrons. The summed E-state index contributed by atoms with van der Waals surface area (Å²) in [4.78, 5) is 22.4. The number of aliphatic imine (C=N–C) groups is 1. The molecular weight excluding hydrogens is 402 g/mol. The summed E-state index contributed by atoms with van der Waals surface area (Å²) >= 11 is 3.40. The number of hydrogen-bond donors (Lipinski definition) is 1. The number of halogens is 1. The highest BCUT2D eigenvalue weighted by Crippen LogP contribution is 2.35. The van der Waals surface area contributed by atoms with E-state index in [9.17, 15) is 4.79 Å². The third-order valence-electron chi connectivity index (χ3n) is 4.81. The Morgan fingerprint density at radius 1 is 1.30 bits per heavy atom. The van der Waals surface area contributed by atoms with Crippen molar-refractivity contribution < 1.29 is 9.90 Å². The van der Waals surface area contributed by atoms with Gasteiger partial charge in [-0.3, -0.25) is 4.79 Å². The van der Waals surface area contributed by atoms with E-state index in [1.807, 2.05) is 17.1 Å². The molecule has 2 aliphatic heterocycles. The Morgan fingerprint density at radius 3 is 2.93 bits per heavy atom. The largest absolute Gasteiger partial charge is 0.481 e. The summed E-state index contributed by atoms with van der Waals surface area (Å²) in [7, 11) is 0. The molecule has 1 aromatic carbocycles. The predicted octanol–water partition coefficient (Wildman–Crippen LogP) is 4.52. The Morgan fingerprint density at radius 2 is 2.11 bits per heavy atom. The molecule has 0 aliphatic carbocycles. The molecule has 2 aromatic rings. The first-order valence-electron chi connectivity index (χ1n) is 8.90. The maximum absolute atomic E-state index is 10.6. The second-order valence-corrected chi connectivity index (χ2v) is 8.51. The number of fused-ring (bicyclic) bond motifs is 2. The monoisotopic (exact) mass is 423 g/mol. The predicted molar refractivity (Wildman–Crippen MR) is 114 cm³/mol. The van der Waals surface area contributed by atoms with Crippen molar-refractivity contribution in [2.45, 2.75) is 44.7 Å². The third kappa shape index (κ3) is 4.83. The van der Waals surface area contributed by atoms with Gasteiger partial charge >= 0.3 is 5.97 Å². The number of unbranched alkanes of at least 4 members (excludes halogenated alkanes) is 1. The molecule has 0 amide bonds. The van der Waals surface area contributed by atoms with E-state index >= 15 is 0 Å². The molecule has 0 unspecified atom stereocenters. The Balaban J connectivity index is 0.00000210. The number of aliphatic carboxylic acids is 1. The van der Waals surface area contributed by atoms with Gasteiger partial charge in [0.05, 0.1) is 5.69 Å². The molecule has 4 rings (SSSR count). The summed E-state index contributed by atoms with van der Waals surface area (Å²) in [6.45, 7) is 0.931. The number of carbonyl (C=O) groups is 1. The summed E-state index contributed by atoms with van der Waals surface area (Å²) < 4.78 is 0. The summed E-state index contributed by atoms with van der Waals surface area (Å²) in [6, 6.07) is 9.22. The van der Waals surface area contributed by atoms with Crippen molar-refractivity contribution in [3.63, 3.8) is 0 Å². The number of rotatable bonds is 6. The smallest absolute Gasteiger partial charge is 0.303 e. The van der Waals surface area contributed by atoms with Crippen LogP contribution < -0.4 is 0 Å². The molecule has 1 N–H and O–H groups in total. The minimum Gasteiger partial charge on any atom is -0.481 e. The molecule has 0 spiro atoms. The number of nitrogens with zero attached hydrogens (tertiary/aromatic N) is 3. The zero-order valence-electron chi connectivity index (χ0n) is 14.8. The molecule has 3 heterocycles. The second kappa shape index (κ2) is 9.08. The average molecular weight is 424 g/mol. The summed E-state index contributed by atoms with van der Waals surface area (Å²) in [5, 5.41) is 12.6. The van der Waals surface area contributed by atoms with Gasteiger partial charge in [0.2, 0.25) is 5.13 Å². The summed E-state index contributed by atoms with van der Waals surface area (Å²) in [5.74, 6) is 0.354. The maximum atomic E-state index is 10.6. The molecule has 27 heavy (non-hydrogen) atoms. The van der Waals surface area contributed by atoms with Crippen molar-refractivity contribution in [1.82, 2.24) is 9.88 Å². The SMILES string of the molecule is Cl.O=C(O)CCCCc1csc(N=C2SC[C@@H]3Cc4ccccc4CN23)n1. The molecular formula is C19H22ClN3O2S2. The van der Waals surface area contributed by atoms with Crippen LogP contribution in [0.1, 0.15) is 36.1 Å². The van der Waals surface area contributed by atoms with E-state index in [2.05, 4.69) is 34.1 Å². The van der Waals surface area contributed by atoms with Crippen LogP contribution in [0.5, 0.6) is 0 Å². The number of benzene rings is 1. The highest BCUT2D eigenvalue weighted by molar-refractivity contribution is 8.14. The number of carboxylic acid groups (broad SMARTS) is 1. The van der Waals surface area contributed by atoms with Gasteiger partial charge in [-0.15, -0.1) is 23.7 Å². The summed E-state index contributed by atoms with van der Waals surface area (Å²) in [5.41, 5.74) is 3.88. The fourth-order valence-corrected chi connectivity index (χ4v) is 5.39. The fraction of sp³-hybridized carbons (Fsp3) is 0.421.